The lowest BCUT2D eigenvalue weighted by Crippen LogP contribution is -1.96. The largest absolute Gasteiger partial charge is 0.219 e. The number of halogens is 3. The van der Waals surface area contributed by atoms with Gasteiger partial charge in [-0.05, 0) is 28.1 Å². The highest BCUT2D eigenvalue weighted by Gasteiger charge is 2.07. The van der Waals surface area contributed by atoms with Gasteiger partial charge in [-0.15, -0.1) is 16.7 Å². The minimum absolute atomic E-state index is 0.312. The summed E-state index contributed by atoms with van der Waals surface area (Å²) in [5.74, 6) is 0.177. The van der Waals surface area contributed by atoms with Crippen LogP contribution in [0, 0.1) is 5.82 Å². The Labute approximate surface area is 105 Å². The quantitative estimate of drug-likeness (QED) is 0.816. The molecule has 0 amide bonds. The lowest BCUT2D eigenvalue weighted by Gasteiger charge is -2.02. The molecule has 0 saturated carbocycles. The van der Waals surface area contributed by atoms with Crippen LogP contribution < -0.4 is 0 Å². The predicted molar refractivity (Wildman–Crippen MR) is 63.4 cm³/mol. The fraction of sp³-hybridized carbons (Fsp3) is 0.200. The molecule has 0 aliphatic carbocycles. The van der Waals surface area contributed by atoms with Crippen LogP contribution in [0.1, 0.15) is 5.69 Å². The average Bonchev–Trinajstić information content (AvgIpc) is 2.71. The van der Waals surface area contributed by atoms with Gasteiger partial charge < -0.3 is 0 Å². The standard InChI is InChI=1S/C10H8BrClFN3/c11-9-2-1-7(13)5-10(9)16-6-8(3-4-12)14-15-16/h1-2,5-6H,3-4H2. The number of alkyl halides is 1. The lowest BCUT2D eigenvalue weighted by atomic mass is 10.3. The van der Waals surface area contributed by atoms with Crippen molar-refractivity contribution in [1.29, 1.82) is 0 Å². The molecule has 3 nitrogen and oxygen atoms in total. The fourth-order valence-electron chi connectivity index (χ4n) is 1.29. The molecule has 0 bridgehead atoms. The van der Waals surface area contributed by atoms with E-state index in [1.54, 1.807) is 12.3 Å². The van der Waals surface area contributed by atoms with Gasteiger partial charge in [0, 0.05) is 22.8 Å². The summed E-state index contributed by atoms with van der Waals surface area (Å²) in [6, 6.07) is 4.40. The molecule has 1 heterocycles. The van der Waals surface area contributed by atoms with Gasteiger partial charge in [0.1, 0.15) is 5.82 Å². The average molecular weight is 305 g/mol. The highest BCUT2D eigenvalue weighted by molar-refractivity contribution is 9.10. The van der Waals surface area contributed by atoms with Crippen molar-refractivity contribution in [2.24, 2.45) is 0 Å². The van der Waals surface area contributed by atoms with Crippen LogP contribution in [0.15, 0.2) is 28.9 Å². The Morgan fingerprint density at radius 3 is 3.00 bits per heavy atom. The van der Waals surface area contributed by atoms with Gasteiger partial charge in [-0.2, -0.15) is 0 Å². The Hall–Kier alpha value is -0.940. The molecule has 2 aromatic rings. The van der Waals surface area contributed by atoms with Gasteiger partial charge in [-0.25, -0.2) is 9.07 Å². The van der Waals surface area contributed by atoms with E-state index in [-0.39, 0.29) is 5.82 Å². The second-order valence-corrected chi connectivity index (χ2v) is 4.42. The van der Waals surface area contributed by atoms with Crippen molar-refractivity contribution in [3.05, 3.63) is 40.4 Å². The van der Waals surface area contributed by atoms with Crippen LogP contribution in [0.2, 0.25) is 0 Å². The zero-order valence-electron chi connectivity index (χ0n) is 8.20. The van der Waals surface area contributed by atoms with Crippen molar-refractivity contribution in [3.63, 3.8) is 0 Å². The van der Waals surface area contributed by atoms with E-state index in [0.717, 1.165) is 10.2 Å². The zero-order valence-corrected chi connectivity index (χ0v) is 10.5. The normalized spacial score (nSPS) is 10.7. The van der Waals surface area contributed by atoms with Crippen molar-refractivity contribution in [2.45, 2.75) is 6.42 Å². The maximum Gasteiger partial charge on any atom is 0.125 e. The first-order valence-electron chi connectivity index (χ1n) is 4.63. The summed E-state index contributed by atoms with van der Waals surface area (Å²) < 4.78 is 15.4. The number of benzene rings is 1. The van der Waals surface area contributed by atoms with E-state index in [0.29, 0.717) is 18.0 Å². The summed E-state index contributed by atoms with van der Waals surface area (Å²) in [4.78, 5) is 0. The van der Waals surface area contributed by atoms with Crippen LogP contribution >= 0.6 is 27.5 Å². The molecule has 0 fully saturated rings. The minimum Gasteiger partial charge on any atom is -0.219 e. The molecule has 2 rings (SSSR count). The van der Waals surface area contributed by atoms with Crippen LogP contribution in [0.25, 0.3) is 5.69 Å². The number of rotatable bonds is 3. The molecule has 0 spiro atoms. The van der Waals surface area contributed by atoms with E-state index >= 15 is 0 Å². The van der Waals surface area contributed by atoms with Gasteiger partial charge in [0.05, 0.1) is 17.6 Å². The third-order valence-corrected chi connectivity index (χ3v) is 2.91. The summed E-state index contributed by atoms with van der Waals surface area (Å²) in [5.41, 5.74) is 1.40. The molecule has 0 aliphatic rings. The first-order chi connectivity index (χ1) is 7.70. The molecular weight excluding hydrogens is 296 g/mol. The van der Waals surface area contributed by atoms with E-state index in [1.807, 2.05) is 0 Å². The monoisotopic (exact) mass is 303 g/mol. The smallest absolute Gasteiger partial charge is 0.125 e. The molecule has 6 heteroatoms. The maximum absolute atomic E-state index is 13.1. The van der Waals surface area contributed by atoms with Crippen molar-refractivity contribution in [3.8, 4) is 5.69 Å². The Bertz CT molecular complexity index is 501. The van der Waals surface area contributed by atoms with E-state index in [9.17, 15) is 4.39 Å². The van der Waals surface area contributed by atoms with Gasteiger partial charge in [0.15, 0.2) is 0 Å². The number of hydrogen-bond acceptors (Lipinski definition) is 2. The molecule has 0 aliphatic heterocycles. The van der Waals surface area contributed by atoms with E-state index in [4.69, 9.17) is 11.6 Å². The van der Waals surface area contributed by atoms with Gasteiger partial charge >= 0.3 is 0 Å². The first kappa shape index (κ1) is 11.5. The molecular formula is C10H8BrClFN3. The third kappa shape index (κ3) is 2.41. The summed E-state index contributed by atoms with van der Waals surface area (Å²) in [5, 5.41) is 7.86. The van der Waals surface area contributed by atoms with Gasteiger partial charge in [-0.3, -0.25) is 0 Å². The summed E-state index contributed by atoms with van der Waals surface area (Å²) in [6.45, 7) is 0. The third-order valence-electron chi connectivity index (χ3n) is 2.05. The molecule has 1 aromatic heterocycles. The van der Waals surface area contributed by atoms with Crippen molar-refractivity contribution < 1.29 is 4.39 Å². The molecule has 0 saturated heterocycles. The number of nitrogens with zero attached hydrogens (tertiary/aromatic N) is 3. The SMILES string of the molecule is Fc1ccc(Br)c(-n2cc(CCCl)nn2)c1. The number of aryl methyl sites for hydroxylation is 1. The highest BCUT2D eigenvalue weighted by atomic mass is 79.9. The van der Waals surface area contributed by atoms with Gasteiger partial charge in [-0.1, -0.05) is 5.21 Å². The van der Waals surface area contributed by atoms with Crippen LogP contribution in [0.3, 0.4) is 0 Å². The topological polar surface area (TPSA) is 30.7 Å². The van der Waals surface area contributed by atoms with Crippen molar-refractivity contribution in [2.75, 3.05) is 5.88 Å². The molecule has 0 radical (unpaired) electrons. The van der Waals surface area contributed by atoms with Crippen LogP contribution in [-0.4, -0.2) is 20.9 Å². The number of aromatic nitrogens is 3. The summed E-state index contributed by atoms with van der Waals surface area (Å²) >= 11 is 8.94. The van der Waals surface area contributed by atoms with Gasteiger partial charge in [0.25, 0.3) is 0 Å². The van der Waals surface area contributed by atoms with Crippen molar-refractivity contribution >= 4 is 27.5 Å². The lowest BCUT2D eigenvalue weighted by molar-refractivity contribution is 0.624. The number of hydrogen-bond donors (Lipinski definition) is 0. The molecule has 84 valence electrons. The Kier molecular flexibility index (Phi) is 3.56. The minimum atomic E-state index is -0.312. The Balaban J connectivity index is 2.38. The molecule has 0 unspecified atom stereocenters. The molecule has 16 heavy (non-hydrogen) atoms. The van der Waals surface area contributed by atoms with Crippen molar-refractivity contribution in [1.82, 2.24) is 15.0 Å². The second-order valence-electron chi connectivity index (χ2n) is 3.19. The predicted octanol–water partition coefficient (Wildman–Crippen LogP) is 2.95. The van der Waals surface area contributed by atoms with Gasteiger partial charge in [0.2, 0.25) is 0 Å². The molecule has 1 aromatic carbocycles. The Morgan fingerprint density at radius 1 is 1.44 bits per heavy atom. The molecule has 0 N–H and O–H groups in total. The summed E-state index contributed by atoms with van der Waals surface area (Å²) in [6.07, 6.45) is 2.39. The zero-order chi connectivity index (χ0) is 11.5. The second kappa shape index (κ2) is 4.93. The van der Waals surface area contributed by atoms with Crippen LogP contribution in [-0.2, 0) is 6.42 Å². The highest BCUT2D eigenvalue weighted by Crippen LogP contribution is 2.21. The first-order valence-corrected chi connectivity index (χ1v) is 5.96. The maximum atomic E-state index is 13.1. The van der Waals surface area contributed by atoms with Crippen LogP contribution in [0.5, 0.6) is 0 Å². The van der Waals surface area contributed by atoms with E-state index < -0.39 is 0 Å². The Morgan fingerprint density at radius 2 is 2.25 bits per heavy atom. The summed E-state index contributed by atoms with van der Waals surface area (Å²) in [7, 11) is 0. The van der Waals surface area contributed by atoms with E-state index in [2.05, 4.69) is 26.2 Å². The molecule has 0 atom stereocenters. The van der Waals surface area contributed by atoms with Crippen LogP contribution in [0.4, 0.5) is 4.39 Å². The van der Waals surface area contributed by atoms with E-state index in [1.165, 1.54) is 16.8 Å². The fourth-order valence-corrected chi connectivity index (χ4v) is 1.91.